The number of para-hydroxylation sites is 1. The SMILES string of the molecule is COc1cccc(CN)c1NS(=O)(=O)c1ccccc1C. The number of hydrogen-bond donors (Lipinski definition) is 2. The molecule has 0 bridgehead atoms. The van der Waals surface area contributed by atoms with E-state index in [0.29, 0.717) is 22.6 Å². The lowest BCUT2D eigenvalue weighted by molar-refractivity contribution is 0.416. The van der Waals surface area contributed by atoms with Crippen LogP contribution in [0.3, 0.4) is 0 Å². The average Bonchev–Trinajstić information content (AvgIpc) is 2.47. The van der Waals surface area contributed by atoms with Gasteiger partial charge >= 0.3 is 0 Å². The zero-order valence-electron chi connectivity index (χ0n) is 12.0. The first-order valence-electron chi connectivity index (χ1n) is 6.44. The second-order valence-electron chi connectivity index (χ2n) is 4.57. The number of benzene rings is 2. The van der Waals surface area contributed by atoms with Crippen LogP contribution in [0.25, 0.3) is 0 Å². The third kappa shape index (κ3) is 3.17. The lowest BCUT2D eigenvalue weighted by atomic mass is 10.1. The summed E-state index contributed by atoms with van der Waals surface area (Å²) in [6.45, 7) is 1.96. The Labute approximate surface area is 124 Å². The molecule has 0 aromatic heterocycles. The van der Waals surface area contributed by atoms with Crippen molar-refractivity contribution >= 4 is 15.7 Å². The second kappa shape index (κ2) is 6.15. The van der Waals surface area contributed by atoms with E-state index in [0.717, 1.165) is 0 Å². The number of aryl methyl sites for hydroxylation is 1. The molecule has 0 saturated carbocycles. The monoisotopic (exact) mass is 306 g/mol. The predicted octanol–water partition coefficient (Wildman–Crippen LogP) is 2.26. The molecule has 0 aliphatic heterocycles. The van der Waals surface area contributed by atoms with Crippen LogP contribution < -0.4 is 15.2 Å². The Balaban J connectivity index is 2.49. The fraction of sp³-hybridized carbons (Fsp3) is 0.200. The summed E-state index contributed by atoms with van der Waals surface area (Å²) < 4.78 is 32.9. The Morgan fingerprint density at radius 1 is 1.14 bits per heavy atom. The molecular weight excluding hydrogens is 288 g/mol. The first-order chi connectivity index (χ1) is 9.99. The van der Waals surface area contributed by atoms with Crippen LogP contribution in [-0.2, 0) is 16.6 Å². The van der Waals surface area contributed by atoms with Crippen LogP contribution in [-0.4, -0.2) is 15.5 Å². The molecule has 0 amide bonds. The van der Waals surface area contributed by atoms with Gasteiger partial charge in [-0.25, -0.2) is 8.42 Å². The minimum atomic E-state index is -3.69. The summed E-state index contributed by atoms with van der Waals surface area (Å²) in [5, 5.41) is 0. The van der Waals surface area contributed by atoms with E-state index < -0.39 is 10.0 Å². The maximum atomic E-state index is 12.6. The van der Waals surface area contributed by atoms with Crippen molar-refractivity contribution in [1.82, 2.24) is 0 Å². The zero-order chi connectivity index (χ0) is 15.5. The van der Waals surface area contributed by atoms with Crippen LogP contribution in [0.1, 0.15) is 11.1 Å². The molecule has 6 heteroatoms. The topological polar surface area (TPSA) is 81.4 Å². The van der Waals surface area contributed by atoms with Crippen molar-refractivity contribution in [3.8, 4) is 5.75 Å². The Hall–Kier alpha value is -2.05. The van der Waals surface area contributed by atoms with Crippen molar-refractivity contribution in [3.05, 3.63) is 53.6 Å². The lowest BCUT2D eigenvalue weighted by Gasteiger charge is -2.16. The second-order valence-corrected chi connectivity index (χ2v) is 6.22. The van der Waals surface area contributed by atoms with Crippen LogP contribution >= 0.6 is 0 Å². The van der Waals surface area contributed by atoms with Crippen LogP contribution in [0.5, 0.6) is 5.75 Å². The number of methoxy groups -OCH3 is 1. The van der Waals surface area contributed by atoms with Crippen molar-refractivity contribution < 1.29 is 13.2 Å². The number of nitrogens with one attached hydrogen (secondary N) is 1. The van der Waals surface area contributed by atoms with Crippen LogP contribution in [0.2, 0.25) is 0 Å². The third-order valence-electron chi connectivity index (χ3n) is 3.17. The summed E-state index contributed by atoms with van der Waals surface area (Å²) >= 11 is 0. The van der Waals surface area contributed by atoms with Gasteiger partial charge in [-0.05, 0) is 30.2 Å². The van der Waals surface area contributed by atoms with Gasteiger partial charge in [0.25, 0.3) is 10.0 Å². The summed E-state index contributed by atoms with van der Waals surface area (Å²) in [7, 11) is -2.21. The largest absolute Gasteiger partial charge is 0.495 e. The van der Waals surface area contributed by atoms with Gasteiger partial charge in [-0.15, -0.1) is 0 Å². The Bertz CT molecular complexity index is 720. The van der Waals surface area contributed by atoms with Crippen molar-refractivity contribution in [2.24, 2.45) is 5.73 Å². The molecule has 0 radical (unpaired) electrons. The third-order valence-corrected chi connectivity index (χ3v) is 4.68. The number of hydrogen-bond acceptors (Lipinski definition) is 4. The van der Waals surface area contributed by atoms with Crippen molar-refractivity contribution in [2.75, 3.05) is 11.8 Å². The smallest absolute Gasteiger partial charge is 0.262 e. The standard InChI is InChI=1S/C15H18N2O3S/c1-11-6-3-4-9-14(11)21(18,19)17-15-12(10-16)7-5-8-13(15)20-2/h3-9,17H,10,16H2,1-2H3. The van der Waals surface area contributed by atoms with E-state index >= 15 is 0 Å². The first-order valence-corrected chi connectivity index (χ1v) is 7.92. The Morgan fingerprint density at radius 3 is 2.48 bits per heavy atom. The maximum Gasteiger partial charge on any atom is 0.262 e. The van der Waals surface area contributed by atoms with Gasteiger partial charge < -0.3 is 10.5 Å². The highest BCUT2D eigenvalue weighted by atomic mass is 32.2. The molecule has 0 aliphatic rings. The van der Waals surface area contributed by atoms with Gasteiger partial charge in [0.15, 0.2) is 0 Å². The van der Waals surface area contributed by atoms with Crippen LogP contribution in [0.15, 0.2) is 47.4 Å². The van der Waals surface area contributed by atoms with Crippen molar-refractivity contribution in [3.63, 3.8) is 0 Å². The molecule has 112 valence electrons. The van der Waals surface area contributed by atoms with Gasteiger partial charge in [0.2, 0.25) is 0 Å². The van der Waals surface area contributed by atoms with Crippen molar-refractivity contribution in [2.45, 2.75) is 18.4 Å². The van der Waals surface area contributed by atoms with E-state index in [1.54, 1.807) is 49.4 Å². The summed E-state index contributed by atoms with van der Waals surface area (Å²) in [5.74, 6) is 0.440. The summed E-state index contributed by atoms with van der Waals surface area (Å²) in [6.07, 6.45) is 0. The average molecular weight is 306 g/mol. The van der Waals surface area contributed by atoms with E-state index in [4.69, 9.17) is 10.5 Å². The van der Waals surface area contributed by atoms with Crippen molar-refractivity contribution in [1.29, 1.82) is 0 Å². The number of nitrogens with two attached hydrogens (primary N) is 1. The molecule has 0 unspecified atom stereocenters. The molecule has 2 aromatic carbocycles. The Morgan fingerprint density at radius 2 is 1.86 bits per heavy atom. The molecule has 2 rings (SSSR count). The molecule has 21 heavy (non-hydrogen) atoms. The fourth-order valence-corrected chi connectivity index (χ4v) is 3.44. The highest BCUT2D eigenvalue weighted by Gasteiger charge is 2.20. The van der Waals surface area contributed by atoms with Gasteiger partial charge in [0.1, 0.15) is 5.75 Å². The molecule has 3 N–H and O–H groups in total. The molecule has 5 nitrogen and oxygen atoms in total. The molecule has 0 spiro atoms. The molecule has 2 aromatic rings. The molecule has 0 aliphatic carbocycles. The normalized spacial score (nSPS) is 11.2. The number of rotatable bonds is 5. The van der Waals surface area contributed by atoms with Gasteiger partial charge in [-0.3, -0.25) is 4.72 Å². The highest BCUT2D eigenvalue weighted by molar-refractivity contribution is 7.92. The predicted molar refractivity (Wildman–Crippen MR) is 82.9 cm³/mol. The summed E-state index contributed by atoms with van der Waals surface area (Å²) in [5.41, 5.74) is 7.40. The van der Waals surface area contributed by atoms with Gasteiger partial charge in [-0.1, -0.05) is 30.3 Å². The first kappa shape index (κ1) is 15.3. The van der Waals surface area contributed by atoms with E-state index in [2.05, 4.69) is 4.72 Å². The minimum absolute atomic E-state index is 0.211. The van der Waals surface area contributed by atoms with E-state index in [1.165, 1.54) is 7.11 Å². The molecule has 0 atom stereocenters. The lowest BCUT2D eigenvalue weighted by Crippen LogP contribution is -2.17. The van der Waals surface area contributed by atoms with E-state index in [1.807, 2.05) is 0 Å². The number of ether oxygens (including phenoxy) is 1. The van der Waals surface area contributed by atoms with Gasteiger partial charge in [0, 0.05) is 6.54 Å². The number of anilines is 1. The van der Waals surface area contributed by atoms with Crippen LogP contribution in [0.4, 0.5) is 5.69 Å². The molecule has 0 fully saturated rings. The molecule has 0 heterocycles. The maximum absolute atomic E-state index is 12.6. The highest BCUT2D eigenvalue weighted by Crippen LogP contribution is 2.30. The summed E-state index contributed by atoms with van der Waals surface area (Å²) in [4.78, 5) is 0.235. The quantitative estimate of drug-likeness (QED) is 0.888. The minimum Gasteiger partial charge on any atom is -0.495 e. The Kier molecular flexibility index (Phi) is 4.50. The van der Waals surface area contributed by atoms with Gasteiger partial charge in [0.05, 0.1) is 17.7 Å². The fourth-order valence-electron chi connectivity index (χ4n) is 2.08. The molecular formula is C15H18N2O3S. The van der Waals surface area contributed by atoms with Gasteiger partial charge in [-0.2, -0.15) is 0 Å². The van der Waals surface area contributed by atoms with E-state index in [9.17, 15) is 8.42 Å². The summed E-state index contributed by atoms with van der Waals surface area (Å²) in [6, 6.07) is 12.0. The van der Waals surface area contributed by atoms with Crippen LogP contribution in [0, 0.1) is 6.92 Å². The zero-order valence-corrected chi connectivity index (χ0v) is 12.8. The number of sulfonamides is 1. The van der Waals surface area contributed by atoms with E-state index in [-0.39, 0.29) is 11.4 Å². The molecule has 0 saturated heterocycles.